The van der Waals surface area contributed by atoms with Crippen molar-refractivity contribution in [3.63, 3.8) is 0 Å². The summed E-state index contributed by atoms with van der Waals surface area (Å²) in [6.45, 7) is 10.1. The van der Waals surface area contributed by atoms with Gasteiger partial charge in [0, 0.05) is 12.1 Å². The Hall–Kier alpha value is -4.33. The van der Waals surface area contributed by atoms with Gasteiger partial charge in [-0.25, -0.2) is 4.79 Å². The topological polar surface area (TPSA) is 65.7 Å². The lowest BCUT2D eigenvalue weighted by molar-refractivity contribution is -0.154. The van der Waals surface area contributed by atoms with E-state index in [1.54, 1.807) is 18.2 Å². The van der Waals surface area contributed by atoms with Gasteiger partial charge in [-0.2, -0.15) is 13.2 Å². The van der Waals surface area contributed by atoms with Gasteiger partial charge in [0.2, 0.25) is 11.2 Å². The first kappa shape index (κ1) is 28.7. The van der Waals surface area contributed by atoms with E-state index in [9.17, 15) is 22.8 Å². The van der Waals surface area contributed by atoms with Crippen LogP contribution in [0.2, 0.25) is 0 Å². The van der Waals surface area contributed by atoms with Gasteiger partial charge in [0.05, 0.1) is 5.39 Å². The summed E-state index contributed by atoms with van der Waals surface area (Å²) in [5.74, 6) is -2.96. The molecule has 0 spiro atoms. The highest BCUT2D eigenvalue weighted by Gasteiger charge is 2.40. The van der Waals surface area contributed by atoms with Crippen molar-refractivity contribution < 1.29 is 31.9 Å². The monoisotopic (exact) mass is 550 g/mol. The van der Waals surface area contributed by atoms with Crippen LogP contribution in [0.15, 0.2) is 82.0 Å². The fraction of sp³-hybridized carbons (Fsp3) is 0.250. The Balaban J connectivity index is 1.60. The predicted molar refractivity (Wildman–Crippen MR) is 148 cm³/mol. The molecule has 0 saturated heterocycles. The Labute approximate surface area is 229 Å². The van der Waals surface area contributed by atoms with Gasteiger partial charge in [-0.15, -0.1) is 0 Å². The van der Waals surface area contributed by atoms with E-state index in [2.05, 4.69) is 13.8 Å². The summed E-state index contributed by atoms with van der Waals surface area (Å²) in [4.78, 5) is 25.4. The third-order valence-corrected chi connectivity index (χ3v) is 6.25. The zero-order valence-corrected chi connectivity index (χ0v) is 22.8. The predicted octanol–water partition coefficient (Wildman–Crippen LogP) is 8.64. The molecule has 0 aliphatic rings. The number of carbonyl (C=O) groups excluding carboxylic acids is 1. The van der Waals surface area contributed by atoms with Crippen molar-refractivity contribution >= 4 is 23.0 Å². The summed E-state index contributed by atoms with van der Waals surface area (Å²) in [5.41, 5.74) is 1.31. The SMILES string of the molecule is CC(C)c1ccc(/C=C/C(=O)Oc2ccc3c(=O)c(Oc4ccc(C(C)(C)C)cc4)c(C(F)(F)F)oc3c2)cc1. The van der Waals surface area contributed by atoms with Gasteiger partial charge in [0.15, 0.2) is 0 Å². The summed E-state index contributed by atoms with van der Waals surface area (Å²) in [6, 6.07) is 17.7. The minimum atomic E-state index is -5.02. The van der Waals surface area contributed by atoms with Gasteiger partial charge in [0.25, 0.3) is 5.76 Å². The quantitative estimate of drug-likeness (QED) is 0.137. The Morgan fingerprint density at radius 3 is 2.10 bits per heavy atom. The van der Waals surface area contributed by atoms with E-state index in [-0.39, 0.29) is 22.3 Å². The van der Waals surface area contributed by atoms with E-state index in [1.165, 1.54) is 30.3 Å². The summed E-state index contributed by atoms with van der Waals surface area (Å²) < 4.78 is 57.5. The lowest BCUT2D eigenvalue weighted by atomic mass is 9.87. The molecular formula is C32H29F3O5. The van der Waals surface area contributed by atoms with Gasteiger partial charge in [-0.1, -0.05) is 71.0 Å². The van der Waals surface area contributed by atoms with Crippen LogP contribution in [0.25, 0.3) is 17.0 Å². The van der Waals surface area contributed by atoms with Gasteiger partial charge in [-0.3, -0.25) is 4.79 Å². The second-order valence-corrected chi connectivity index (χ2v) is 10.7. The van der Waals surface area contributed by atoms with Gasteiger partial charge in [0.1, 0.15) is 17.1 Å². The summed E-state index contributed by atoms with van der Waals surface area (Å²) >= 11 is 0. The fourth-order valence-corrected chi connectivity index (χ4v) is 3.95. The first-order chi connectivity index (χ1) is 18.7. The Bertz CT molecular complexity index is 1600. The number of hydrogen-bond donors (Lipinski definition) is 0. The minimum absolute atomic E-state index is 0.0568. The molecule has 0 bridgehead atoms. The molecule has 5 nitrogen and oxygen atoms in total. The van der Waals surface area contributed by atoms with Crippen LogP contribution in [0.1, 0.15) is 63.0 Å². The van der Waals surface area contributed by atoms with Crippen molar-refractivity contribution in [1.82, 2.24) is 0 Å². The van der Waals surface area contributed by atoms with Crippen molar-refractivity contribution in [2.45, 2.75) is 52.1 Å². The Kier molecular flexibility index (Phi) is 7.91. The van der Waals surface area contributed by atoms with E-state index in [0.717, 1.165) is 22.8 Å². The number of esters is 1. The van der Waals surface area contributed by atoms with Gasteiger partial charge < -0.3 is 13.9 Å². The van der Waals surface area contributed by atoms with Crippen molar-refractivity contribution in [3.05, 3.63) is 105 Å². The smallest absolute Gasteiger partial charge is 0.449 e. The molecule has 0 aliphatic carbocycles. The molecule has 1 aromatic heterocycles. The molecule has 40 heavy (non-hydrogen) atoms. The molecule has 4 aromatic rings. The number of alkyl halides is 3. The lowest BCUT2D eigenvalue weighted by Gasteiger charge is -2.19. The number of carbonyl (C=O) groups is 1. The summed E-state index contributed by atoms with van der Waals surface area (Å²) in [6.07, 6.45) is -2.25. The van der Waals surface area contributed by atoms with Crippen LogP contribution in [-0.4, -0.2) is 5.97 Å². The molecule has 0 fully saturated rings. The third kappa shape index (κ3) is 6.62. The van der Waals surface area contributed by atoms with Crippen LogP contribution in [0.5, 0.6) is 17.2 Å². The van der Waals surface area contributed by atoms with Gasteiger partial charge in [-0.05, 0) is 58.4 Å². The zero-order valence-electron chi connectivity index (χ0n) is 22.8. The largest absolute Gasteiger partial charge is 0.453 e. The molecular weight excluding hydrogens is 521 g/mol. The van der Waals surface area contributed by atoms with Crippen molar-refractivity contribution in [1.29, 1.82) is 0 Å². The fourth-order valence-electron chi connectivity index (χ4n) is 3.95. The van der Waals surface area contributed by atoms with E-state index in [0.29, 0.717) is 5.92 Å². The molecule has 0 N–H and O–H groups in total. The number of fused-ring (bicyclic) bond motifs is 1. The van der Waals surface area contributed by atoms with Crippen LogP contribution in [0.3, 0.4) is 0 Å². The van der Waals surface area contributed by atoms with Crippen LogP contribution in [-0.2, 0) is 16.4 Å². The number of ether oxygens (including phenoxy) is 2. The lowest BCUT2D eigenvalue weighted by Crippen LogP contribution is -2.16. The van der Waals surface area contributed by atoms with Crippen LogP contribution < -0.4 is 14.9 Å². The number of halogens is 3. The average Bonchev–Trinajstić information content (AvgIpc) is 2.88. The molecule has 0 saturated carbocycles. The molecule has 8 heteroatoms. The second-order valence-electron chi connectivity index (χ2n) is 10.7. The maximum atomic E-state index is 13.9. The van der Waals surface area contributed by atoms with E-state index >= 15 is 0 Å². The Morgan fingerprint density at radius 2 is 1.52 bits per heavy atom. The third-order valence-electron chi connectivity index (χ3n) is 6.25. The number of hydrogen-bond acceptors (Lipinski definition) is 5. The minimum Gasteiger partial charge on any atom is -0.449 e. The van der Waals surface area contributed by atoms with E-state index in [4.69, 9.17) is 13.9 Å². The Morgan fingerprint density at radius 1 is 0.900 bits per heavy atom. The normalized spacial score (nSPS) is 12.3. The zero-order chi connectivity index (χ0) is 29.2. The molecule has 3 aromatic carbocycles. The molecule has 0 aliphatic heterocycles. The molecule has 0 amide bonds. The molecule has 0 radical (unpaired) electrons. The summed E-state index contributed by atoms with van der Waals surface area (Å²) in [7, 11) is 0. The first-order valence-corrected chi connectivity index (χ1v) is 12.7. The maximum Gasteiger partial charge on any atom is 0.453 e. The van der Waals surface area contributed by atoms with Crippen LogP contribution in [0, 0.1) is 0 Å². The van der Waals surface area contributed by atoms with Gasteiger partial charge >= 0.3 is 12.1 Å². The second kappa shape index (κ2) is 11.0. The average molecular weight is 551 g/mol. The van der Waals surface area contributed by atoms with E-state index in [1.807, 2.05) is 45.0 Å². The highest BCUT2D eigenvalue weighted by Crippen LogP contribution is 2.39. The number of rotatable bonds is 6. The van der Waals surface area contributed by atoms with Crippen LogP contribution >= 0.6 is 0 Å². The first-order valence-electron chi connectivity index (χ1n) is 12.7. The van der Waals surface area contributed by atoms with E-state index < -0.39 is 34.7 Å². The number of benzene rings is 3. The van der Waals surface area contributed by atoms with Crippen molar-refractivity contribution in [2.24, 2.45) is 0 Å². The highest BCUT2D eigenvalue weighted by molar-refractivity contribution is 5.89. The van der Waals surface area contributed by atoms with Crippen LogP contribution in [0.4, 0.5) is 13.2 Å². The molecule has 1 heterocycles. The molecule has 208 valence electrons. The van der Waals surface area contributed by atoms with Crippen molar-refractivity contribution in [2.75, 3.05) is 0 Å². The van der Waals surface area contributed by atoms with Crippen molar-refractivity contribution in [3.8, 4) is 17.2 Å². The molecule has 0 atom stereocenters. The highest BCUT2D eigenvalue weighted by atomic mass is 19.4. The summed E-state index contributed by atoms with van der Waals surface area (Å²) in [5, 5.41) is -0.158. The molecule has 0 unspecified atom stereocenters. The maximum absolute atomic E-state index is 13.9. The molecule has 4 rings (SSSR count). The standard InChI is InChI=1S/C32H29F3O5/c1-19(2)21-9-6-20(7-10-21)8-17-27(36)38-24-15-16-25-26(18-24)40-30(32(33,34)35)29(28(25)37)39-23-13-11-22(12-14-23)31(3,4)5/h6-19H,1-5H3/b17-8+.